The van der Waals surface area contributed by atoms with E-state index in [1.165, 1.54) is 11.1 Å². The van der Waals surface area contributed by atoms with Gasteiger partial charge in [-0.1, -0.05) is 56.3 Å². The Kier molecular flexibility index (Phi) is 5.82. The van der Waals surface area contributed by atoms with Crippen molar-refractivity contribution < 1.29 is 14.3 Å². The number of nitrogens with zero attached hydrogens (tertiary/aromatic N) is 1. The molecule has 0 aromatic heterocycles. The van der Waals surface area contributed by atoms with Crippen LogP contribution in [0, 0.1) is 0 Å². The molecule has 0 aliphatic carbocycles. The summed E-state index contributed by atoms with van der Waals surface area (Å²) >= 11 is 0. The first kappa shape index (κ1) is 18.3. The standard InChI is InChI=1S/C22H27NO3/c1-4-16-10-12-17(13-11-16)14-18(5-2)23-15-21(26-22(23)24)19-8-6-7-9-20(19)25-3/h6-13,18,21H,4-5,14-15H2,1-3H3/t18-,21+/m1/s1. The first-order valence-electron chi connectivity index (χ1n) is 9.34. The van der Waals surface area contributed by atoms with Gasteiger partial charge in [-0.3, -0.25) is 0 Å². The SMILES string of the molecule is CCc1ccc(C[C@@H](CC)N2C[C@@H](c3ccccc3OC)OC2=O)cc1. The molecule has 2 aromatic rings. The summed E-state index contributed by atoms with van der Waals surface area (Å²) in [6.07, 6.45) is 2.25. The van der Waals surface area contributed by atoms with Gasteiger partial charge in [0.05, 0.1) is 13.7 Å². The second-order valence-corrected chi connectivity index (χ2v) is 6.70. The molecular weight excluding hydrogens is 326 g/mol. The highest BCUT2D eigenvalue weighted by Crippen LogP contribution is 2.34. The highest BCUT2D eigenvalue weighted by Gasteiger charge is 2.37. The molecule has 1 amide bonds. The quantitative estimate of drug-likeness (QED) is 0.719. The van der Waals surface area contributed by atoms with Crippen molar-refractivity contribution in [2.45, 2.75) is 45.3 Å². The van der Waals surface area contributed by atoms with Crippen molar-refractivity contribution in [3.63, 3.8) is 0 Å². The molecule has 1 fully saturated rings. The van der Waals surface area contributed by atoms with Crippen molar-refractivity contribution in [3.05, 3.63) is 65.2 Å². The highest BCUT2D eigenvalue weighted by molar-refractivity contribution is 5.71. The molecule has 0 N–H and O–H groups in total. The van der Waals surface area contributed by atoms with Gasteiger partial charge in [0.15, 0.2) is 0 Å². The number of benzene rings is 2. The molecule has 2 aromatic carbocycles. The Morgan fingerprint density at radius 3 is 2.46 bits per heavy atom. The van der Waals surface area contributed by atoms with E-state index in [4.69, 9.17) is 9.47 Å². The third-order valence-electron chi connectivity index (χ3n) is 5.14. The van der Waals surface area contributed by atoms with Crippen LogP contribution in [0.5, 0.6) is 5.75 Å². The van der Waals surface area contributed by atoms with Gasteiger partial charge in [0.1, 0.15) is 11.9 Å². The van der Waals surface area contributed by atoms with Gasteiger partial charge in [0.25, 0.3) is 0 Å². The van der Waals surface area contributed by atoms with Crippen LogP contribution >= 0.6 is 0 Å². The highest BCUT2D eigenvalue weighted by atomic mass is 16.6. The first-order chi connectivity index (χ1) is 12.7. The molecule has 0 unspecified atom stereocenters. The number of methoxy groups -OCH3 is 1. The minimum absolute atomic E-state index is 0.134. The number of ether oxygens (including phenoxy) is 2. The summed E-state index contributed by atoms with van der Waals surface area (Å²) < 4.78 is 11.1. The topological polar surface area (TPSA) is 38.8 Å². The van der Waals surface area contributed by atoms with Crippen molar-refractivity contribution in [1.29, 1.82) is 0 Å². The smallest absolute Gasteiger partial charge is 0.410 e. The van der Waals surface area contributed by atoms with Crippen LogP contribution in [-0.4, -0.2) is 30.7 Å². The predicted molar refractivity (Wildman–Crippen MR) is 103 cm³/mol. The third kappa shape index (κ3) is 3.85. The molecule has 1 saturated heterocycles. The van der Waals surface area contributed by atoms with E-state index in [0.29, 0.717) is 6.54 Å². The lowest BCUT2D eigenvalue weighted by Crippen LogP contribution is -2.37. The number of amides is 1. The van der Waals surface area contributed by atoms with Crippen LogP contribution < -0.4 is 4.74 Å². The van der Waals surface area contributed by atoms with Crippen LogP contribution in [0.4, 0.5) is 4.79 Å². The average Bonchev–Trinajstić information content (AvgIpc) is 3.07. The maximum Gasteiger partial charge on any atom is 0.410 e. The number of carbonyl (C=O) groups is 1. The molecule has 4 heteroatoms. The van der Waals surface area contributed by atoms with Crippen LogP contribution in [0.15, 0.2) is 48.5 Å². The summed E-state index contributed by atoms with van der Waals surface area (Å²) in [5.74, 6) is 0.760. The largest absolute Gasteiger partial charge is 0.496 e. The Morgan fingerprint density at radius 2 is 1.81 bits per heavy atom. The molecule has 0 saturated carbocycles. The molecule has 1 heterocycles. The van der Waals surface area contributed by atoms with Crippen molar-refractivity contribution in [3.8, 4) is 5.75 Å². The van der Waals surface area contributed by atoms with E-state index in [9.17, 15) is 4.79 Å². The molecular formula is C22H27NO3. The molecule has 0 spiro atoms. The maximum absolute atomic E-state index is 12.5. The van der Waals surface area contributed by atoms with E-state index in [0.717, 1.165) is 30.6 Å². The zero-order chi connectivity index (χ0) is 18.5. The summed E-state index contributed by atoms with van der Waals surface area (Å²) in [4.78, 5) is 14.4. The van der Waals surface area contributed by atoms with Crippen molar-refractivity contribution in [2.75, 3.05) is 13.7 Å². The molecule has 0 radical (unpaired) electrons. The molecule has 138 valence electrons. The molecule has 1 aliphatic heterocycles. The lowest BCUT2D eigenvalue weighted by atomic mass is 10.0. The number of cyclic esters (lactones) is 1. The van der Waals surface area contributed by atoms with Crippen molar-refractivity contribution >= 4 is 6.09 Å². The second-order valence-electron chi connectivity index (χ2n) is 6.70. The van der Waals surface area contributed by atoms with Gasteiger partial charge in [0, 0.05) is 11.6 Å². The number of carbonyl (C=O) groups excluding carboxylic acids is 1. The fraction of sp³-hybridized carbons (Fsp3) is 0.409. The number of hydrogen-bond donors (Lipinski definition) is 0. The van der Waals surface area contributed by atoms with E-state index in [1.54, 1.807) is 7.11 Å². The minimum atomic E-state index is -0.282. The maximum atomic E-state index is 12.5. The summed E-state index contributed by atoms with van der Waals surface area (Å²) in [7, 11) is 1.64. The van der Waals surface area contributed by atoms with Gasteiger partial charge in [0.2, 0.25) is 0 Å². The summed E-state index contributed by atoms with van der Waals surface area (Å²) in [5, 5.41) is 0. The number of aryl methyl sites for hydroxylation is 1. The van der Waals surface area contributed by atoms with Gasteiger partial charge in [-0.25, -0.2) is 4.79 Å². The van der Waals surface area contributed by atoms with Crippen LogP contribution in [0.25, 0.3) is 0 Å². The van der Waals surface area contributed by atoms with Gasteiger partial charge >= 0.3 is 6.09 Å². The fourth-order valence-corrected chi connectivity index (χ4v) is 3.53. The van der Waals surface area contributed by atoms with E-state index in [1.807, 2.05) is 29.2 Å². The van der Waals surface area contributed by atoms with E-state index < -0.39 is 0 Å². The van der Waals surface area contributed by atoms with E-state index >= 15 is 0 Å². The normalized spacial score (nSPS) is 17.9. The van der Waals surface area contributed by atoms with Gasteiger partial charge < -0.3 is 14.4 Å². The lowest BCUT2D eigenvalue weighted by molar-refractivity contribution is 0.126. The first-order valence-corrected chi connectivity index (χ1v) is 9.34. The lowest BCUT2D eigenvalue weighted by Gasteiger charge is -2.25. The summed E-state index contributed by atoms with van der Waals surface area (Å²) in [6, 6.07) is 16.5. The molecule has 26 heavy (non-hydrogen) atoms. The number of para-hydroxylation sites is 1. The Morgan fingerprint density at radius 1 is 1.12 bits per heavy atom. The fourth-order valence-electron chi connectivity index (χ4n) is 3.53. The number of hydrogen-bond acceptors (Lipinski definition) is 3. The Bertz CT molecular complexity index is 741. The molecule has 3 rings (SSSR count). The molecule has 2 atom stereocenters. The Labute approximate surface area is 155 Å². The molecule has 1 aliphatic rings. The number of rotatable bonds is 7. The van der Waals surface area contributed by atoms with Crippen LogP contribution in [0.1, 0.15) is 43.1 Å². The Balaban J connectivity index is 1.73. The zero-order valence-corrected chi connectivity index (χ0v) is 15.8. The molecule has 0 bridgehead atoms. The zero-order valence-electron chi connectivity index (χ0n) is 15.8. The monoisotopic (exact) mass is 353 g/mol. The average molecular weight is 353 g/mol. The third-order valence-corrected chi connectivity index (χ3v) is 5.14. The predicted octanol–water partition coefficient (Wildman–Crippen LogP) is 4.77. The van der Waals surface area contributed by atoms with Crippen LogP contribution in [0.3, 0.4) is 0 Å². The van der Waals surface area contributed by atoms with Gasteiger partial charge in [-0.15, -0.1) is 0 Å². The minimum Gasteiger partial charge on any atom is -0.496 e. The Hall–Kier alpha value is -2.49. The van der Waals surface area contributed by atoms with Crippen LogP contribution in [-0.2, 0) is 17.6 Å². The van der Waals surface area contributed by atoms with Crippen molar-refractivity contribution in [1.82, 2.24) is 4.90 Å². The molecule has 4 nitrogen and oxygen atoms in total. The van der Waals surface area contributed by atoms with Crippen LogP contribution in [0.2, 0.25) is 0 Å². The second kappa shape index (κ2) is 8.26. The summed E-state index contributed by atoms with van der Waals surface area (Å²) in [6.45, 7) is 4.83. The van der Waals surface area contributed by atoms with E-state index in [-0.39, 0.29) is 18.2 Å². The van der Waals surface area contributed by atoms with Gasteiger partial charge in [-0.2, -0.15) is 0 Å². The van der Waals surface area contributed by atoms with Gasteiger partial charge in [-0.05, 0) is 36.5 Å². The summed E-state index contributed by atoms with van der Waals surface area (Å²) in [5.41, 5.74) is 3.51. The van der Waals surface area contributed by atoms with E-state index in [2.05, 4.69) is 38.1 Å². The van der Waals surface area contributed by atoms with Crippen molar-refractivity contribution in [2.24, 2.45) is 0 Å².